The van der Waals surface area contributed by atoms with Crippen LogP contribution in [0.1, 0.15) is 56.9 Å². The summed E-state index contributed by atoms with van der Waals surface area (Å²) in [6, 6.07) is 1.15. The van der Waals surface area contributed by atoms with Crippen LogP contribution >= 0.6 is 0 Å². The van der Waals surface area contributed by atoms with Gasteiger partial charge >= 0.3 is 6.18 Å². The monoisotopic (exact) mass is 486 g/mol. The maximum Gasteiger partial charge on any atom is 0.391 e. The zero-order valence-electron chi connectivity index (χ0n) is 19.6. The molecule has 1 aromatic rings. The molecule has 3 fully saturated rings. The predicted octanol–water partition coefficient (Wildman–Crippen LogP) is 4.18. The molecule has 3 heterocycles. The van der Waals surface area contributed by atoms with Crippen LogP contribution in [-0.4, -0.2) is 49.9 Å². The summed E-state index contributed by atoms with van der Waals surface area (Å²) in [4.78, 5) is 18.5. The molecule has 4 rings (SSSR count). The summed E-state index contributed by atoms with van der Waals surface area (Å²) < 4.78 is 59.2. The largest absolute Gasteiger partial charge is 0.481 e. The number of rotatable bonds is 6. The summed E-state index contributed by atoms with van der Waals surface area (Å²) in [6.07, 6.45) is 0.963. The fourth-order valence-electron chi connectivity index (χ4n) is 5.74. The predicted molar refractivity (Wildman–Crippen MR) is 120 cm³/mol. The number of alkyl halides is 3. The smallest absolute Gasteiger partial charge is 0.391 e. The van der Waals surface area contributed by atoms with Gasteiger partial charge in [0.2, 0.25) is 11.8 Å². The quantitative estimate of drug-likeness (QED) is 0.591. The number of pyridine rings is 1. The number of hydrogen-bond acceptors (Lipinski definition) is 5. The summed E-state index contributed by atoms with van der Waals surface area (Å²) in [6.45, 7) is 2.17. The van der Waals surface area contributed by atoms with Crippen molar-refractivity contribution in [3.63, 3.8) is 0 Å². The number of carbonyl (C=O) groups excluding carboxylic acids is 1. The number of amides is 1. The van der Waals surface area contributed by atoms with E-state index < -0.39 is 17.9 Å². The van der Waals surface area contributed by atoms with E-state index in [0.29, 0.717) is 43.3 Å². The molecule has 0 spiro atoms. The lowest BCUT2D eigenvalue weighted by Crippen LogP contribution is -2.40. The van der Waals surface area contributed by atoms with Gasteiger partial charge in [-0.05, 0) is 75.8 Å². The van der Waals surface area contributed by atoms with Crippen LogP contribution in [0.2, 0.25) is 0 Å². The highest BCUT2D eigenvalue weighted by Gasteiger charge is 2.42. The molecule has 1 aromatic heterocycles. The van der Waals surface area contributed by atoms with E-state index in [1.807, 2.05) is 4.90 Å². The Kier molecular flexibility index (Phi) is 7.84. The normalized spacial score (nSPS) is 26.5. The average Bonchev–Trinajstić information content (AvgIpc) is 3.37. The van der Waals surface area contributed by atoms with Gasteiger partial charge < -0.3 is 20.3 Å². The van der Waals surface area contributed by atoms with Crippen LogP contribution < -0.4 is 20.3 Å². The van der Waals surface area contributed by atoms with Crippen LogP contribution in [0.5, 0.6) is 5.88 Å². The number of hydrogen-bond donors (Lipinski definition) is 2. The molecule has 0 radical (unpaired) electrons. The van der Waals surface area contributed by atoms with E-state index in [9.17, 15) is 22.4 Å². The Balaban J connectivity index is 1.32. The SMILES string of the molecule is COc1nc(N2CCC(C3CCC(C(F)(F)F)CC3)CC2)c(F)cc1CNC(=O)[C@@H]1CCCN1. The van der Waals surface area contributed by atoms with E-state index in [2.05, 4.69) is 15.6 Å². The highest BCUT2D eigenvalue weighted by molar-refractivity contribution is 5.82. The summed E-state index contributed by atoms with van der Waals surface area (Å²) >= 11 is 0. The van der Waals surface area contributed by atoms with Gasteiger partial charge in [-0.1, -0.05) is 0 Å². The first kappa shape index (κ1) is 25.0. The Morgan fingerprint density at radius 2 is 1.82 bits per heavy atom. The molecule has 1 aliphatic carbocycles. The van der Waals surface area contributed by atoms with Gasteiger partial charge in [-0.25, -0.2) is 4.39 Å². The van der Waals surface area contributed by atoms with Gasteiger partial charge in [0, 0.05) is 25.2 Å². The number of halogens is 4. The third kappa shape index (κ3) is 5.75. The molecular formula is C24H34F4N4O2. The third-order valence-corrected chi connectivity index (χ3v) is 7.76. The zero-order valence-corrected chi connectivity index (χ0v) is 19.6. The first-order valence-electron chi connectivity index (χ1n) is 12.3. The molecule has 3 aliphatic rings. The number of ether oxygens (including phenoxy) is 1. The number of aromatic nitrogens is 1. The van der Waals surface area contributed by atoms with Crippen LogP contribution in [0.25, 0.3) is 0 Å². The standard InChI is InChI=1S/C24H34F4N4O2/c1-34-23-17(14-30-22(33)20-3-2-10-29-20)13-19(25)21(31-23)32-11-8-16(9-12-32)15-4-6-18(7-5-15)24(26,27)28/h13,15-16,18,20,29H,2-12,14H2,1H3,(H,30,33)/t15?,18?,20-/m0/s1. The minimum Gasteiger partial charge on any atom is -0.481 e. The van der Waals surface area contributed by atoms with Crippen molar-refractivity contribution in [2.45, 2.75) is 70.1 Å². The van der Waals surface area contributed by atoms with Gasteiger partial charge in [0.1, 0.15) is 0 Å². The first-order chi connectivity index (χ1) is 16.3. The van der Waals surface area contributed by atoms with Gasteiger partial charge in [0.25, 0.3) is 0 Å². The first-order valence-corrected chi connectivity index (χ1v) is 12.3. The Hall–Kier alpha value is -2.10. The van der Waals surface area contributed by atoms with Gasteiger partial charge in [0.05, 0.1) is 19.1 Å². The molecule has 2 saturated heterocycles. The molecule has 2 N–H and O–H groups in total. The second kappa shape index (κ2) is 10.7. The number of nitrogens with one attached hydrogen (secondary N) is 2. The van der Waals surface area contributed by atoms with Crippen molar-refractivity contribution in [1.82, 2.24) is 15.6 Å². The zero-order chi connectivity index (χ0) is 24.3. The number of methoxy groups -OCH3 is 1. The Labute approximate surface area is 197 Å². The Morgan fingerprint density at radius 3 is 2.41 bits per heavy atom. The molecular weight excluding hydrogens is 452 g/mol. The second-order valence-electron chi connectivity index (χ2n) is 9.81. The van der Waals surface area contributed by atoms with Crippen LogP contribution in [-0.2, 0) is 11.3 Å². The van der Waals surface area contributed by atoms with E-state index in [0.717, 1.165) is 32.2 Å². The highest BCUT2D eigenvalue weighted by atomic mass is 19.4. The Bertz CT molecular complexity index is 844. The topological polar surface area (TPSA) is 66.5 Å². The van der Waals surface area contributed by atoms with Crippen LogP contribution in [0.15, 0.2) is 6.07 Å². The lowest BCUT2D eigenvalue weighted by atomic mass is 9.72. The fourth-order valence-corrected chi connectivity index (χ4v) is 5.74. The summed E-state index contributed by atoms with van der Waals surface area (Å²) in [7, 11) is 1.47. The number of piperidine rings is 1. The van der Waals surface area contributed by atoms with E-state index in [1.165, 1.54) is 13.2 Å². The minimum atomic E-state index is -4.08. The van der Waals surface area contributed by atoms with Crippen molar-refractivity contribution in [2.75, 3.05) is 31.6 Å². The molecule has 1 saturated carbocycles. The van der Waals surface area contributed by atoms with Crippen molar-refractivity contribution in [3.8, 4) is 5.88 Å². The molecule has 0 unspecified atom stereocenters. The van der Waals surface area contributed by atoms with E-state index in [4.69, 9.17) is 4.74 Å². The molecule has 1 atom stereocenters. The molecule has 2 aliphatic heterocycles. The van der Waals surface area contributed by atoms with Crippen LogP contribution in [0.4, 0.5) is 23.4 Å². The van der Waals surface area contributed by atoms with Crippen LogP contribution in [0, 0.1) is 23.6 Å². The van der Waals surface area contributed by atoms with Crippen LogP contribution in [0.3, 0.4) is 0 Å². The van der Waals surface area contributed by atoms with Gasteiger partial charge in [-0.3, -0.25) is 4.79 Å². The third-order valence-electron chi connectivity index (χ3n) is 7.76. The van der Waals surface area contributed by atoms with Crippen molar-refractivity contribution in [3.05, 3.63) is 17.4 Å². The maximum absolute atomic E-state index is 15.0. The molecule has 0 aromatic carbocycles. The molecule has 0 bridgehead atoms. The molecule has 1 amide bonds. The molecule has 6 nitrogen and oxygen atoms in total. The van der Waals surface area contributed by atoms with Gasteiger partial charge in [-0.2, -0.15) is 18.2 Å². The summed E-state index contributed by atoms with van der Waals surface area (Å²) in [5, 5.41) is 5.96. The summed E-state index contributed by atoms with van der Waals surface area (Å²) in [5.41, 5.74) is 0.478. The van der Waals surface area contributed by atoms with Crippen molar-refractivity contribution < 1.29 is 27.1 Å². The summed E-state index contributed by atoms with van der Waals surface area (Å²) in [5.74, 6) is -0.550. The lowest BCUT2D eigenvalue weighted by molar-refractivity contribution is -0.185. The van der Waals surface area contributed by atoms with E-state index in [-0.39, 0.29) is 43.0 Å². The van der Waals surface area contributed by atoms with Crippen molar-refractivity contribution >= 4 is 11.7 Å². The number of anilines is 1. The molecule has 10 heteroatoms. The van der Waals surface area contributed by atoms with Gasteiger partial charge in [-0.15, -0.1) is 0 Å². The van der Waals surface area contributed by atoms with E-state index in [1.54, 1.807) is 0 Å². The van der Waals surface area contributed by atoms with E-state index >= 15 is 0 Å². The van der Waals surface area contributed by atoms with Gasteiger partial charge in [0.15, 0.2) is 11.6 Å². The van der Waals surface area contributed by atoms with Crippen molar-refractivity contribution in [1.29, 1.82) is 0 Å². The number of nitrogens with zero attached hydrogens (tertiary/aromatic N) is 2. The fraction of sp³-hybridized carbons (Fsp3) is 0.750. The second-order valence-corrected chi connectivity index (χ2v) is 9.81. The highest BCUT2D eigenvalue weighted by Crippen LogP contribution is 2.44. The average molecular weight is 487 g/mol. The molecule has 34 heavy (non-hydrogen) atoms. The Morgan fingerprint density at radius 1 is 1.15 bits per heavy atom. The minimum absolute atomic E-state index is 0.115. The number of carbonyl (C=O) groups is 1. The molecule has 190 valence electrons. The van der Waals surface area contributed by atoms with Crippen molar-refractivity contribution in [2.24, 2.45) is 17.8 Å². The lowest BCUT2D eigenvalue weighted by Gasteiger charge is -2.39. The maximum atomic E-state index is 15.0.